The maximum absolute atomic E-state index is 11.2. The fraction of sp³-hybridized carbons (Fsp3) is 0.206. The van der Waals surface area contributed by atoms with E-state index in [0.717, 1.165) is 39.1 Å². The fourth-order valence-electron chi connectivity index (χ4n) is 4.44. The van der Waals surface area contributed by atoms with Gasteiger partial charge in [0, 0.05) is 5.56 Å². The lowest BCUT2D eigenvalue weighted by molar-refractivity contribution is 0.0697. The minimum absolute atomic E-state index is 0.211. The summed E-state index contributed by atoms with van der Waals surface area (Å²) in [7, 11) is 0. The van der Waals surface area contributed by atoms with Gasteiger partial charge in [0.1, 0.15) is 12.4 Å². The van der Waals surface area contributed by atoms with E-state index in [-0.39, 0.29) is 11.0 Å². The molecular formula is C34H34O4. The number of aryl methyl sites for hydroxylation is 1. The monoisotopic (exact) mass is 506 g/mol. The number of carboxylic acid groups (broad SMARTS) is 1. The van der Waals surface area contributed by atoms with Gasteiger partial charge in [-0.15, -0.1) is 0 Å². The van der Waals surface area contributed by atoms with Crippen molar-refractivity contribution in [1.29, 1.82) is 0 Å². The number of hydrogen-bond acceptors (Lipinski definition) is 3. The summed E-state index contributed by atoms with van der Waals surface area (Å²) in [4.78, 5) is 11.1. The Bertz CT molecular complexity index is 1410. The molecule has 0 saturated carbocycles. The summed E-state index contributed by atoms with van der Waals surface area (Å²) in [6, 6.07) is 29.0. The highest BCUT2D eigenvalue weighted by Crippen LogP contribution is 2.42. The van der Waals surface area contributed by atoms with E-state index < -0.39 is 12.1 Å². The molecule has 0 aliphatic carbocycles. The second-order valence-electron chi connectivity index (χ2n) is 10.6. The largest absolute Gasteiger partial charge is 0.489 e. The minimum Gasteiger partial charge on any atom is -0.489 e. The average molecular weight is 507 g/mol. The molecule has 1 unspecified atom stereocenters. The maximum atomic E-state index is 11.2. The van der Waals surface area contributed by atoms with Gasteiger partial charge in [-0.2, -0.15) is 0 Å². The van der Waals surface area contributed by atoms with Gasteiger partial charge in [-0.25, -0.2) is 4.79 Å². The first kappa shape index (κ1) is 26.9. The van der Waals surface area contributed by atoms with Crippen LogP contribution < -0.4 is 4.74 Å². The number of aliphatic hydroxyl groups is 1. The molecule has 2 N–H and O–H groups in total. The van der Waals surface area contributed by atoms with Crippen molar-refractivity contribution in [1.82, 2.24) is 0 Å². The normalized spacial score (nSPS) is 12.4. The van der Waals surface area contributed by atoms with E-state index in [2.05, 4.69) is 52.0 Å². The number of aliphatic hydroxyl groups excluding tert-OH is 1. The molecule has 0 amide bonds. The molecule has 0 saturated heterocycles. The van der Waals surface area contributed by atoms with Gasteiger partial charge in [-0.1, -0.05) is 105 Å². The Kier molecular flexibility index (Phi) is 8.13. The fourth-order valence-corrected chi connectivity index (χ4v) is 4.44. The van der Waals surface area contributed by atoms with Crippen LogP contribution in [0.3, 0.4) is 0 Å². The molecule has 0 aromatic heterocycles. The third-order valence-electron chi connectivity index (χ3n) is 6.44. The van der Waals surface area contributed by atoms with Gasteiger partial charge in [-0.05, 0) is 64.4 Å². The molecule has 0 heterocycles. The van der Waals surface area contributed by atoms with E-state index in [9.17, 15) is 9.90 Å². The first-order chi connectivity index (χ1) is 18.1. The van der Waals surface area contributed by atoms with Crippen molar-refractivity contribution in [2.75, 3.05) is 0 Å². The van der Waals surface area contributed by atoms with Gasteiger partial charge in [0.05, 0.1) is 11.7 Å². The Morgan fingerprint density at radius 3 is 2.18 bits per heavy atom. The molecule has 0 bridgehead atoms. The summed E-state index contributed by atoms with van der Waals surface area (Å²) in [5.41, 5.74) is 6.96. The van der Waals surface area contributed by atoms with E-state index in [0.29, 0.717) is 6.61 Å². The number of aromatic carboxylic acids is 1. The van der Waals surface area contributed by atoms with Crippen LogP contribution in [0.1, 0.15) is 65.1 Å². The lowest BCUT2D eigenvalue weighted by Crippen LogP contribution is -2.16. The van der Waals surface area contributed by atoms with Crippen LogP contribution in [-0.2, 0) is 12.0 Å². The summed E-state index contributed by atoms with van der Waals surface area (Å²) in [6.07, 6.45) is 2.62. The third-order valence-corrected chi connectivity index (χ3v) is 6.44. The van der Waals surface area contributed by atoms with Gasteiger partial charge in [0.15, 0.2) is 0 Å². The standard InChI is InChI=1S/C34H34O4/c1-23-10-15-26(16-11-23)29-20-28(30(35)19-14-24-12-17-27(18-13-24)33(36)37)21-31(32(29)34(2,3)4)38-22-25-8-6-5-7-9-25/h5-21,30,35H,22H2,1-4H3,(H,36,37)/b19-14+. The molecule has 0 aliphatic heterocycles. The number of ether oxygens (including phenoxy) is 1. The summed E-state index contributed by atoms with van der Waals surface area (Å²) >= 11 is 0. The van der Waals surface area contributed by atoms with E-state index in [1.165, 1.54) is 5.56 Å². The molecule has 0 spiro atoms. The Morgan fingerprint density at radius 2 is 1.58 bits per heavy atom. The SMILES string of the molecule is Cc1ccc(-c2cc(C(O)/C=C/c3ccc(C(=O)O)cc3)cc(OCc3ccccc3)c2C(C)(C)C)cc1. The maximum Gasteiger partial charge on any atom is 0.335 e. The van der Waals surface area contributed by atoms with E-state index in [1.54, 1.807) is 36.4 Å². The van der Waals surface area contributed by atoms with Gasteiger partial charge in [0.25, 0.3) is 0 Å². The highest BCUT2D eigenvalue weighted by molar-refractivity contribution is 5.87. The highest BCUT2D eigenvalue weighted by Gasteiger charge is 2.26. The molecule has 4 aromatic rings. The average Bonchev–Trinajstić information content (AvgIpc) is 2.90. The van der Waals surface area contributed by atoms with Crippen LogP contribution in [0.4, 0.5) is 0 Å². The van der Waals surface area contributed by atoms with Gasteiger partial charge < -0.3 is 14.9 Å². The van der Waals surface area contributed by atoms with Crippen LogP contribution in [0, 0.1) is 6.92 Å². The predicted molar refractivity (Wildman–Crippen MR) is 153 cm³/mol. The Labute approximate surface area is 224 Å². The van der Waals surface area contributed by atoms with Crippen molar-refractivity contribution in [2.45, 2.75) is 45.8 Å². The zero-order valence-electron chi connectivity index (χ0n) is 22.3. The second kappa shape index (κ2) is 11.5. The number of benzene rings is 4. The van der Waals surface area contributed by atoms with Crippen molar-refractivity contribution >= 4 is 12.0 Å². The van der Waals surface area contributed by atoms with Gasteiger partial charge in [0.2, 0.25) is 0 Å². The molecule has 4 nitrogen and oxygen atoms in total. The van der Waals surface area contributed by atoms with Crippen LogP contribution in [0.5, 0.6) is 5.75 Å². The molecule has 194 valence electrons. The molecule has 1 atom stereocenters. The van der Waals surface area contributed by atoms with E-state index >= 15 is 0 Å². The van der Waals surface area contributed by atoms with Crippen LogP contribution in [0.15, 0.2) is 97.1 Å². The van der Waals surface area contributed by atoms with E-state index in [4.69, 9.17) is 9.84 Å². The number of hydrogen-bond donors (Lipinski definition) is 2. The van der Waals surface area contributed by atoms with Crippen molar-refractivity contribution in [2.24, 2.45) is 0 Å². The summed E-state index contributed by atoms with van der Waals surface area (Å²) in [5.74, 6) is -0.223. The molecule has 0 radical (unpaired) electrons. The molecule has 4 heteroatoms. The lowest BCUT2D eigenvalue weighted by atomic mass is 9.79. The zero-order valence-corrected chi connectivity index (χ0v) is 22.3. The molecule has 0 fully saturated rings. The van der Waals surface area contributed by atoms with E-state index in [1.807, 2.05) is 42.5 Å². The first-order valence-electron chi connectivity index (χ1n) is 12.7. The van der Waals surface area contributed by atoms with Crippen LogP contribution in [0.25, 0.3) is 17.2 Å². The van der Waals surface area contributed by atoms with Crippen molar-refractivity contribution in [3.8, 4) is 16.9 Å². The molecule has 38 heavy (non-hydrogen) atoms. The number of carboxylic acids is 1. The lowest BCUT2D eigenvalue weighted by Gasteiger charge is -2.28. The number of rotatable bonds is 8. The van der Waals surface area contributed by atoms with Crippen LogP contribution in [-0.4, -0.2) is 16.2 Å². The Balaban J connectivity index is 1.76. The molecule has 0 aliphatic rings. The minimum atomic E-state index is -0.967. The zero-order chi connectivity index (χ0) is 27.3. The van der Waals surface area contributed by atoms with Crippen LogP contribution in [0.2, 0.25) is 0 Å². The van der Waals surface area contributed by atoms with Gasteiger partial charge >= 0.3 is 5.97 Å². The first-order valence-corrected chi connectivity index (χ1v) is 12.7. The third kappa shape index (κ3) is 6.58. The topological polar surface area (TPSA) is 66.8 Å². The Hall–Kier alpha value is -4.15. The quantitative estimate of drug-likeness (QED) is 0.254. The highest BCUT2D eigenvalue weighted by atomic mass is 16.5. The van der Waals surface area contributed by atoms with Crippen molar-refractivity contribution in [3.63, 3.8) is 0 Å². The molecule has 4 rings (SSSR count). The summed E-state index contributed by atoms with van der Waals surface area (Å²) < 4.78 is 6.43. The number of carbonyl (C=O) groups is 1. The molecular weight excluding hydrogens is 472 g/mol. The Morgan fingerprint density at radius 1 is 0.921 bits per heavy atom. The smallest absolute Gasteiger partial charge is 0.335 e. The molecule has 4 aromatic carbocycles. The predicted octanol–water partition coefficient (Wildman–Crippen LogP) is 7.98. The summed E-state index contributed by atoms with van der Waals surface area (Å²) in [5, 5.41) is 20.3. The summed E-state index contributed by atoms with van der Waals surface area (Å²) in [6.45, 7) is 9.00. The van der Waals surface area contributed by atoms with Crippen LogP contribution >= 0.6 is 0 Å². The van der Waals surface area contributed by atoms with Crippen molar-refractivity contribution < 1.29 is 19.7 Å². The second-order valence-corrected chi connectivity index (χ2v) is 10.6. The van der Waals surface area contributed by atoms with Crippen molar-refractivity contribution in [3.05, 3.63) is 130 Å². The van der Waals surface area contributed by atoms with Gasteiger partial charge in [-0.3, -0.25) is 0 Å².